The highest BCUT2D eigenvalue weighted by Gasteiger charge is 2.34. The molecule has 1 aliphatic heterocycles. The quantitative estimate of drug-likeness (QED) is 0.862. The monoisotopic (exact) mass is 231 g/mol. The van der Waals surface area contributed by atoms with Crippen molar-refractivity contribution in [3.63, 3.8) is 0 Å². The highest BCUT2D eigenvalue weighted by molar-refractivity contribution is 6.03. The minimum atomic E-state index is -0.224. The van der Waals surface area contributed by atoms with Gasteiger partial charge in [0.15, 0.2) is 0 Å². The first-order valence-corrected chi connectivity index (χ1v) is 5.80. The van der Waals surface area contributed by atoms with E-state index in [-0.39, 0.29) is 18.1 Å². The number of nitrogens with two attached hydrogens (primary N) is 1. The number of aliphatic imine (C=N–C) groups is 1. The summed E-state index contributed by atoms with van der Waals surface area (Å²) in [6.45, 7) is 3.95. The summed E-state index contributed by atoms with van der Waals surface area (Å²) in [6, 6.07) is 9.80. The number of hydrogen-bond donors (Lipinski definition) is 1. The van der Waals surface area contributed by atoms with Crippen molar-refractivity contribution >= 4 is 11.9 Å². The highest BCUT2D eigenvalue weighted by atomic mass is 16.2. The number of carbonyl (C=O) groups is 1. The van der Waals surface area contributed by atoms with E-state index >= 15 is 0 Å². The molecule has 4 nitrogen and oxygen atoms in total. The molecule has 17 heavy (non-hydrogen) atoms. The summed E-state index contributed by atoms with van der Waals surface area (Å²) < 4.78 is 0. The van der Waals surface area contributed by atoms with Gasteiger partial charge in [0, 0.05) is 12.5 Å². The predicted octanol–water partition coefficient (Wildman–Crippen LogP) is 1.80. The molecule has 0 spiro atoms. The Morgan fingerprint density at radius 2 is 2.00 bits per heavy atom. The van der Waals surface area contributed by atoms with E-state index < -0.39 is 0 Å². The van der Waals surface area contributed by atoms with Gasteiger partial charge in [-0.1, -0.05) is 30.3 Å². The number of hydrogen-bond acceptors (Lipinski definition) is 2. The SMILES string of the molecule is CC(C)N1C(=O)N=C(N)C1Cc1ccccc1. The molecular weight excluding hydrogens is 214 g/mol. The van der Waals surface area contributed by atoms with Crippen molar-refractivity contribution in [2.24, 2.45) is 10.7 Å². The summed E-state index contributed by atoms with van der Waals surface area (Å²) in [6.07, 6.45) is 0.722. The van der Waals surface area contributed by atoms with Gasteiger partial charge >= 0.3 is 6.03 Å². The van der Waals surface area contributed by atoms with E-state index in [9.17, 15) is 4.79 Å². The lowest BCUT2D eigenvalue weighted by Crippen LogP contribution is -2.45. The summed E-state index contributed by atoms with van der Waals surface area (Å²) in [7, 11) is 0. The Labute approximate surface area is 101 Å². The molecule has 1 unspecified atom stereocenters. The van der Waals surface area contributed by atoms with E-state index in [1.807, 2.05) is 44.2 Å². The Morgan fingerprint density at radius 3 is 2.59 bits per heavy atom. The van der Waals surface area contributed by atoms with Crippen LogP contribution in [0.3, 0.4) is 0 Å². The number of nitrogens with zero attached hydrogens (tertiary/aromatic N) is 2. The number of rotatable bonds is 3. The predicted molar refractivity (Wildman–Crippen MR) is 67.9 cm³/mol. The second kappa shape index (κ2) is 4.57. The lowest BCUT2D eigenvalue weighted by atomic mass is 10.0. The normalized spacial score (nSPS) is 19.9. The molecule has 90 valence electrons. The average molecular weight is 231 g/mol. The van der Waals surface area contributed by atoms with E-state index in [4.69, 9.17) is 5.73 Å². The molecule has 0 radical (unpaired) electrons. The number of carbonyl (C=O) groups excluding carboxylic acids is 1. The van der Waals surface area contributed by atoms with Crippen LogP contribution in [-0.4, -0.2) is 28.9 Å². The van der Waals surface area contributed by atoms with Crippen LogP contribution in [0.15, 0.2) is 35.3 Å². The maximum absolute atomic E-state index is 11.7. The minimum absolute atomic E-state index is 0.107. The van der Waals surface area contributed by atoms with Crippen LogP contribution in [0.25, 0.3) is 0 Å². The zero-order valence-electron chi connectivity index (χ0n) is 10.1. The first-order chi connectivity index (χ1) is 8.09. The van der Waals surface area contributed by atoms with Crippen LogP contribution < -0.4 is 5.73 Å². The van der Waals surface area contributed by atoms with Crippen LogP contribution in [0, 0.1) is 0 Å². The third-order valence-corrected chi connectivity index (χ3v) is 2.95. The van der Waals surface area contributed by atoms with E-state index in [1.54, 1.807) is 4.90 Å². The van der Waals surface area contributed by atoms with E-state index in [0.717, 1.165) is 12.0 Å². The third kappa shape index (κ3) is 2.30. The molecule has 2 N–H and O–H groups in total. The summed E-state index contributed by atoms with van der Waals surface area (Å²) in [4.78, 5) is 17.3. The lowest BCUT2D eigenvalue weighted by molar-refractivity contribution is 0.190. The van der Waals surface area contributed by atoms with Gasteiger partial charge in [0.2, 0.25) is 0 Å². The van der Waals surface area contributed by atoms with Crippen LogP contribution in [0.2, 0.25) is 0 Å². The third-order valence-electron chi connectivity index (χ3n) is 2.95. The summed E-state index contributed by atoms with van der Waals surface area (Å²) in [5.74, 6) is 0.424. The van der Waals surface area contributed by atoms with Crippen molar-refractivity contribution in [3.05, 3.63) is 35.9 Å². The molecule has 2 rings (SSSR count). The Hall–Kier alpha value is -1.84. The van der Waals surface area contributed by atoms with Crippen LogP contribution >= 0.6 is 0 Å². The molecule has 0 bridgehead atoms. The molecule has 0 saturated heterocycles. The fourth-order valence-electron chi connectivity index (χ4n) is 2.14. The molecule has 1 atom stereocenters. The van der Waals surface area contributed by atoms with E-state index in [0.29, 0.717) is 5.84 Å². The Kier molecular flexibility index (Phi) is 3.13. The van der Waals surface area contributed by atoms with Crippen molar-refractivity contribution < 1.29 is 4.79 Å². The lowest BCUT2D eigenvalue weighted by Gasteiger charge is -2.27. The fraction of sp³-hybridized carbons (Fsp3) is 0.385. The number of amidine groups is 1. The van der Waals surface area contributed by atoms with Crippen LogP contribution in [0.4, 0.5) is 4.79 Å². The summed E-state index contributed by atoms with van der Waals surface area (Å²) in [5, 5.41) is 0. The van der Waals surface area contributed by atoms with Crippen molar-refractivity contribution in [2.45, 2.75) is 32.4 Å². The molecule has 0 saturated carbocycles. The first-order valence-electron chi connectivity index (χ1n) is 5.80. The molecular formula is C13H17N3O. The molecule has 0 fully saturated rings. The molecule has 4 heteroatoms. The zero-order chi connectivity index (χ0) is 12.4. The zero-order valence-corrected chi connectivity index (χ0v) is 10.1. The summed E-state index contributed by atoms with van der Waals surface area (Å²) in [5.41, 5.74) is 7.00. The van der Waals surface area contributed by atoms with Crippen LogP contribution in [-0.2, 0) is 6.42 Å². The molecule has 0 aliphatic carbocycles. The van der Waals surface area contributed by atoms with Gasteiger partial charge in [-0.05, 0) is 19.4 Å². The van der Waals surface area contributed by atoms with Crippen LogP contribution in [0.5, 0.6) is 0 Å². The van der Waals surface area contributed by atoms with Gasteiger partial charge in [0.25, 0.3) is 0 Å². The van der Waals surface area contributed by atoms with Gasteiger partial charge in [-0.25, -0.2) is 4.79 Å². The second-order valence-electron chi connectivity index (χ2n) is 4.53. The van der Waals surface area contributed by atoms with Gasteiger partial charge in [-0.2, -0.15) is 4.99 Å². The molecule has 1 heterocycles. The highest BCUT2D eigenvalue weighted by Crippen LogP contribution is 2.18. The van der Waals surface area contributed by atoms with Gasteiger partial charge in [0.05, 0.1) is 6.04 Å². The smallest absolute Gasteiger partial charge is 0.346 e. The molecule has 1 aromatic rings. The molecule has 2 amide bonds. The first kappa shape index (κ1) is 11.6. The average Bonchev–Trinajstić information content (AvgIpc) is 2.55. The maximum atomic E-state index is 11.7. The maximum Gasteiger partial charge on any atom is 0.346 e. The van der Waals surface area contributed by atoms with Crippen molar-refractivity contribution in [3.8, 4) is 0 Å². The molecule has 1 aliphatic rings. The second-order valence-corrected chi connectivity index (χ2v) is 4.53. The Bertz CT molecular complexity index is 439. The number of benzene rings is 1. The van der Waals surface area contributed by atoms with Gasteiger partial charge in [-0.3, -0.25) is 0 Å². The largest absolute Gasteiger partial charge is 0.385 e. The van der Waals surface area contributed by atoms with Crippen molar-refractivity contribution in [1.82, 2.24) is 4.90 Å². The van der Waals surface area contributed by atoms with Gasteiger partial charge in [0.1, 0.15) is 5.84 Å². The van der Waals surface area contributed by atoms with Gasteiger partial charge in [-0.15, -0.1) is 0 Å². The topological polar surface area (TPSA) is 58.7 Å². The summed E-state index contributed by atoms with van der Waals surface area (Å²) >= 11 is 0. The molecule has 1 aromatic carbocycles. The van der Waals surface area contributed by atoms with E-state index in [1.165, 1.54) is 0 Å². The fourth-order valence-corrected chi connectivity index (χ4v) is 2.14. The molecule has 0 aromatic heterocycles. The van der Waals surface area contributed by atoms with Crippen molar-refractivity contribution in [2.75, 3.05) is 0 Å². The Morgan fingerprint density at radius 1 is 1.35 bits per heavy atom. The van der Waals surface area contributed by atoms with Crippen molar-refractivity contribution in [1.29, 1.82) is 0 Å². The number of amides is 2. The minimum Gasteiger partial charge on any atom is -0.385 e. The Balaban J connectivity index is 2.19. The van der Waals surface area contributed by atoms with Gasteiger partial charge < -0.3 is 10.6 Å². The van der Waals surface area contributed by atoms with Crippen LogP contribution in [0.1, 0.15) is 19.4 Å². The van der Waals surface area contributed by atoms with E-state index in [2.05, 4.69) is 4.99 Å². The standard InChI is InChI=1S/C13H17N3O/c1-9(2)16-11(12(14)15-13(16)17)8-10-6-4-3-5-7-10/h3-7,9,11H,8H2,1-2H3,(H2,14,15,17). The number of urea groups is 1.